The molecular weight excluding hydrogens is 315 g/mol. The van der Waals surface area contributed by atoms with Gasteiger partial charge in [0.05, 0.1) is 6.42 Å². The van der Waals surface area contributed by atoms with Crippen molar-refractivity contribution in [1.82, 2.24) is 10.6 Å². The molecule has 3 nitrogen and oxygen atoms in total. The van der Waals surface area contributed by atoms with E-state index in [-0.39, 0.29) is 18.1 Å². The van der Waals surface area contributed by atoms with Crippen LogP contribution in [0.4, 0.5) is 4.39 Å². The van der Waals surface area contributed by atoms with Gasteiger partial charge < -0.3 is 10.6 Å². The van der Waals surface area contributed by atoms with Gasteiger partial charge in [0.2, 0.25) is 5.91 Å². The predicted molar refractivity (Wildman–Crippen MR) is 98.7 cm³/mol. The molecule has 0 fully saturated rings. The highest BCUT2D eigenvalue weighted by Gasteiger charge is 2.12. The number of hydrogen-bond acceptors (Lipinski definition) is 2. The molecule has 0 aromatic heterocycles. The second kappa shape index (κ2) is 7.90. The minimum Gasteiger partial charge on any atom is -0.352 e. The summed E-state index contributed by atoms with van der Waals surface area (Å²) in [6.45, 7) is 1.25. The van der Waals surface area contributed by atoms with Gasteiger partial charge in [0.1, 0.15) is 5.82 Å². The van der Waals surface area contributed by atoms with Crippen molar-refractivity contribution in [2.24, 2.45) is 0 Å². The Kier molecular flexibility index (Phi) is 5.41. The van der Waals surface area contributed by atoms with Crippen molar-refractivity contribution in [3.05, 3.63) is 83.2 Å². The lowest BCUT2D eigenvalue weighted by atomic mass is 10.0. The molecule has 3 aromatic rings. The van der Waals surface area contributed by atoms with E-state index in [0.29, 0.717) is 12.1 Å². The zero-order valence-electron chi connectivity index (χ0n) is 14.2. The third kappa shape index (κ3) is 4.22. The molecule has 0 aliphatic heterocycles. The van der Waals surface area contributed by atoms with Crippen LogP contribution in [0.25, 0.3) is 10.8 Å². The lowest BCUT2D eigenvalue weighted by Gasteiger charge is -2.10. The number of nitrogens with one attached hydrogen (secondary N) is 2. The first kappa shape index (κ1) is 17.1. The Morgan fingerprint density at radius 1 is 0.920 bits per heavy atom. The maximum Gasteiger partial charge on any atom is 0.224 e. The van der Waals surface area contributed by atoms with Gasteiger partial charge in [-0.3, -0.25) is 4.79 Å². The van der Waals surface area contributed by atoms with E-state index in [2.05, 4.69) is 10.6 Å². The molecule has 25 heavy (non-hydrogen) atoms. The van der Waals surface area contributed by atoms with Crippen molar-refractivity contribution in [3.8, 4) is 0 Å². The van der Waals surface area contributed by atoms with E-state index in [1.54, 1.807) is 6.07 Å². The number of fused-ring (bicyclic) bond motifs is 1. The molecule has 0 radical (unpaired) electrons. The fraction of sp³-hybridized carbons (Fsp3) is 0.190. The SMILES string of the molecule is CNCc1ccc(CNC(=O)Cc2c(F)ccc3ccccc23)cc1. The number of carbonyl (C=O) groups is 1. The fourth-order valence-corrected chi connectivity index (χ4v) is 2.89. The summed E-state index contributed by atoms with van der Waals surface area (Å²) in [4.78, 5) is 12.3. The van der Waals surface area contributed by atoms with Crippen molar-refractivity contribution in [2.75, 3.05) is 7.05 Å². The summed E-state index contributed by atoms with van der Waals surface area (Å²) in [7, 11) is 1.90. The molecule has 3 aromatic carbocycles. The van der Waals surface area contributed by atoms with Crippen LogP contribution in [0.3, 0.4) is 0 Å². The summed E-state index contributed by atoms with van der Waals surface area (Å²) in [6, 6.07) is 18.7. The Balaban J connectivity index is 1.66. The number of amides is 1. The summed E-state index contributed by atoms with van der Waals surface area (Å²) in [5.41, 5.74) is 2.65. The van der Waals surface area contributed by atoms with Gasteiger partial charge in [0.25, 0.3) is 0 Å². The predicted octanol–water partition coefficient (Wildman–Crippen LogP) is 3.56. The van der Waals surface area contributed by atoms with Gasteiger partial charge in [-0.15, -0.1) is 0 Å². The van der Waals surface area contributed by atoms with E-state index in [1.807, 2.05) is 55.6 Å². The number of carbonyl (C=O) groups excluding carboxylic acids is 1. The topological polar surface area (TPSA) is 41.1 Å². The summed E-state index contributed by atoms with van der Waals surface area (Å²) >= 11 is 0. The minimum absolute atomic E-state index is 0.0328. The van der Waals surface area contributed by atoms with Crippen molar-refractivity contribution in [3.63, 3.8) is 0 Å². The molecule has 0 spiro atoms. The van der Waals surface area contributed by atoms with E-state index in [1.165, 1.54) is 11.6 Å². The van der Waals surface area contributed by atoms with Gasteiger partial charge in [0, 0.05) is 18.7 Å². The van der Waals surface area contributed by atoms with Gasteiger partial charge >= 0.3 is 0 Å². The van der Waals surface area contributed by atoms with Crippen molar-refractivity contribution in [1.29, 1.82) is 0 Å². The lowest BCUT2D eigenvalue weighted by molar-refractivity contribution is -0.120. The maximum atomic E-state index is 14.2. The van der Waals surface area contributed by atoms with Crippen LogP contribution in [-0.4, -0.2) is 13.0 Å². The Bertz CT molecular complexity index is 875. The monoisotopic (exact) mass is 336 g/mol. The van der Waals surface area contributed by atoms with E-state index >= 15 is 0 Å². The summed E-state index contributed by atoms with van der Waals surface area (Å²) in [5, 5.41) is 7.69. The number of rotatable bonds is 6. The number of halogens is 1. The Labute approximate surface area is 146 Å². The lowest BCUT2D eigenvalue weighted by Crippen LogP contribution is -2.25. The Hall–Kier alpha value is -2.72. The zero-order chi connectivity index (χ0) is 17.6. The summed E-state index contributed by atoms with van der Waals surface area (Å²) in [5.74, 6) is -0.528. The number of hydrogen-bond donors (Lipinski definition) is 2. The molecule has 0 saturated heterocycles. The largest absolute Gasteiger partial charge is 0.352 e. The highest BCUT2D eigenvalue weighted by molar-refractivity contribution is 5.90. The Morgan fingerprint density at radius 3 is 2.32 bits per heavy atom. The highest BCUT2D eigenvalue weighted by atomic mass is 19.1. The van der Waals surface area contributed by atoms with Crippen LogP contribution in [0.1, 0.15) is 16.7 Å². The van der Waals surface area contributed by atoms with Crippen molar-refractivity contribution >= 4 is 16.7 Å². The first-order valence-corrected chi connectivity index (χ1v) is 8.32. The summed E-state index contributed by atoms with van der Waals surface area (Å²) in [6.07, 6.45) is 0.0328. The van der Waals surface area contributed by atoms with Crippen LogP contribution in [0.15, 0.2) is 60.7 Å². The molecule has 128 valence electrons. The molecule has 0 unspecified atom stereocenters. The zero-order valence-corrected chi connectivity index (χ0v) is 14.2. The second-order valence-corrected chi connectivity index (χ2v) is 6.05. The highest BCUT2D eigenvalue weighted by Crippen LogP contribution is 2.22. The van der Waals surface area contributed by atoms with Gasteiger partial charge in [0.15, 0.2) is 0 Å². The quantitative estimate of drug-likeness (QED) is 0.723. The van der Waals surface area contributed by atoms with Crippen LogP contribution in [0.2, 0.25) is 0 Å². The molecule has 0 saturated carbocycles. The van der Waals surface area contributed by atoms with E-state index in [0.717, 1.165) is 22.9 Å². The average Bonchev–Trinajstić information content (AvgIpc) is 2.64. The van der Waals surface area contributed by atoms with Gasteiger partial charge in [-0.2, -0.15) is 0 Å². The smallest absolute Gasteiger partial charge is 0.224 e. The maximum absolute atomic E-state index is 14.2. The van der Waals surface area contributed by atoms with Crippen LogP contribution in [0.5, 0.6) is 0 Å². The standard InChI is InChI=1S/C21H21FN2O/c1-23-13-15-6-8-16(9-7-15)14-24-21(25)12-19-18-5-3-2-4-17(18)10-11-20(19)22/h2-11,23H,12-14H2,1H3,(H,24,25). The summed E-state index contributed by atoms with van der Waals surface area (Å²) < 4.78 is 14.2. The molecule has 3 rings (SSSR count). The molecule has 0 aliphatic rings. The normalized spacial score (nSPS) is 10.8. The minimum atomic E-state index is -0.342. The molecule has 4 heteroatoms. The fourth-order valence-electron chi connectivity index (χ4n) is 2.89. The van der Waals surface area contributed by atoms with Gasteiger partial charge in [-0.25, -0.2) is 4.39 Å². The number of benzene rings is 3. The van der Waals surface area contributed by atoms with E-state index in [4.69, 9.17) is 0 Å². The third-order valence-electron chi connectivity index (χ3n) is 4.21. The molecule has 0 atom stereocenters. The molecule has 0 heterocycles. The van der Waals surface area contributed by atoms with Crippen molar-refractivity contribution in [2.45, 2.75) is 19.5 Å². The van der Waals surface area contributed by atoms with Gasteiger partial charge in [-0.1, -0.05) is 54.6 Å². The van der Waals surface area contributed by atoms with Crippen LogP contribution in [0, 0.1) is 5.82 Å². The average molecular weight is 336 g/mol. The second-order valence-electron chi connectivity index (χ2n) is 6.05. The molecular formula is C21H21FN2O. The first-order chi connectivity index (χ1) is 12.2. The first-order valence-electron chi connectivity index (χ1n) is 8.32. The van der Waals surface area contributed by atoms with E-state index < -0.39 is 0 Å². The van der Waals surface area contributed by atoms with Crippen molar-refractivity contribution < 1.29 is 9.18 Å². The Morgan fingerprint density at radius 2 is 1.60 bits per heavy atom. The molecule has 2 N–H and O–H groups in total. The van der Waals surface area contributed by atoms with Crippen LogP contribution in [-0.2, 0) is 24.3 Å². The van der Waals surface area contributed by atoms with Crippen LogP contribution >= 0.6 is 0 Å². The molecule has 1 amide bonds. The van der Waals surface area contributed by atoms with Crippen LogP contribution < -0.4 is 10.6 Å². The molecule has 0 aliphatic carbocycles. The molecule has 0 bridgehead atoms. The third-order valence-corrected chi connectivity index (χ3v) is 4.21. The van der Waals surface area contributed by atoms with Gasteiger partial charge in [-0.05, 0) is 35.0 Å². The van der Waals surface area contributed by atoms with E-state index in [9.17, 15) is 9.18 Å².